The number of pyridine rings is 1. The van der Waals surface area contributed by atoms with Crippen molar-refractivity contribution in [1.29, 1.82) is 0 Å². The molecule has 5 nitrogen and oxygen atoms in total. The Morgan fingerprint density at radius 3 is 2.68 bits per heavy atom. The number of carbonyl (C=O) groups excluding carboxylic acids is 1. The van der Waals surface area contributed by atoms with Gasteiger partial charge in [0.2, 0.25) is 0 Å². The van der Waals surface area contributed by atoms with Crippen LogP contribution in [0.25, 0.3) is 23.1 Å². The van der Waals surface area contributed by atoms with Gasteiger partial charge in [-0.25, -0.2) is 4.39 Å². The topological polar surface area (TPSA) is 70.7 Å². The molecule has 0 aliphatic carbocycles. The molecule has 166 valence electrons. The Balaban J connectivity index is 1.35. The molecule has 0 atom stereocenters. The van der Waals surface area contributed by atoms with Gasteiger partial charge >= 0.3 is 0 Å². The van der Waals surface area contributed by atoms with E-state index in [0.29, 0.717) is 5.69 Å². The number of para-hydroxylation sites is 1. The highest BCUT2D eigenvalue weighted by atomic mass is 32.2. The third kappa shape index (κ3) is 4.89. The van der Waals surface area contributed by atoms with Gasteiger partial charge in [-0.05, 0) is 72.8 Å². The molecule has 34 heavy (non-hydrogen) atoms. The lowest BCUT2D eigenvalue weighted by Crippen LogP contribution is -2.12. The summed E-state index contributed by atoms with van der Waals surface area (Å²) >= 11 is 1.52. The van der Waals surface area contributed by atoms with E-state index in [0.717, 1.165) is 32.1 Å². The molecule has 7 heteroatoms. The van der Waals surface area contributed by atoms with Gasteiger partial charge in [-0.2, -0.15) is 5.10 Å². The molecule has 2 N–H and O–H groups in total. The van der Waals surface area contributed by atoms with Crippen LogP contribution in [0.15, 0.2) is 101 Å². The predicted molar refractivity (Wildman–Crippen MR) is 134 cm³/mol. The molecule has 3 aromatic carbocycles. The standard InChI is InChI=1S/C27H19FN4OS/c28-19-7-5-6-18(16-19)27(33)30-24-9-1-2-10-26(24)34-21-12-13-22-23(31-32-25(22)17-21)14-11-20-8-3-4-15-29-20/h1-17H,(H,30,33)(H,31,32)/b14-11+. The van der Waals surface area contributed by atoms with Crippen LogP contribution in [-0.2, 0) is 0 Å². The summed E-state index contributed by atoms with van der Waals surface area (Å²) in [4.78, 5) is 18.8. The van der Waals surface area contributed by atoms with Crippen LogP contribution < -0.4 is 5.32 Å². The quantitative estimate of drug-likeness (QED) is 0.293. The van der Waals surface area contributed by atoms with Crippen molar-refractivity contribution in [2.75, 3.05) is 5.32 Å². The third-order valence-corrected chi connectivity index (χ3v) is 6.18. The first-order valence-corrected chi connectivity index (χ1v) is 11.4. The number of nitrogens with zero attached hydrogens (tertiary/aromatic N) is 2. The number of halogens is 1. The van der Waals surface area contributed by atoms with Crippen molar-refractivity contribution in [1.82, 2.24) is 15.2 Å². The molecule has 5 aromatic rings. The molecule has 2 heterocycles. The number of nitrogens with one attached hydrogen (secondary N) is 2. The highest BCUT2D eigenvalue weighted by Crippen LogP contribution is 2.35. The smallest absolute Gasteiger partial charge is 0.255 e. The van der Waals surface area contributed by atoms with Gasteiger partial charge in [0.1, 0.15) is 5.82 Å². The first-order valence-electron chi connectivity index (χ1n) is 10.6. The van der Waals surface area contributed by atoms with Crippen molar-refractivity contribution in [2.24, 2.45) is 0 Å². The zero-order chi connectivity index (χ0) is 23.3. The highest BCUT2D eigenvalue weighted by molar-refractivity contribution is 7.99. The fourth-order valence-corrected chi connectivity index (χ4v) is 4.40. The summed E-state index contributed by atoms with van der Waals surface area (Å²) in [5.41, 5.74) is 3.53. The van der Waals surface area contributed by atoms with Crippen molar-refractivity contribution >= 4 is 46.4 Å². The lowest BCUT2D eigenvalue weighted by atomic mass is 10.2. The van der Waals surface area contributed by atoms with E-state index < -0.39 is 5.82 Å². The Morgan fingerprint density at radius 2 is 1.82 bits per heavy atom. The van der Waals surface area contributed by atoms with Gasteiger partial charge in [-0.15, -0.1) is 0 Å². The fraction of sp³-hybridized carbons (Fsp3) is 0. The summed E-state index contributed by atoms with van der Waals surface area (Å²) < 4.78 is 13.5. The molecular weight excluding hydrogens is 447 g/mol. The van der Waals surface area contributed by atoms with Crippen LogP contribution in [0.2, 0.25) is 0 Å². The second-order valence-electron chi connectivity index (χ2n) is 7.47. The SMILES string of the molecule is O=C(Nc1ccccc1Sc1ccc2c(/C=C/c3ccccn3)n[nH]c2c1)c1cccc(F)c1. The third-order valence-electron chi connectivity index (χ3n) is 5.11. The summed E-state index contributed by atoms with van der Waals surface area (Å²) in [6.45, 7) is 0. The van der Waals surface area contributed by atoms with Crippen LogP contribution in [-0.4, -0.2) is 21.1 Å². The number of carbonyl (C=O) groups is 1. The molecule has 0 saturated carbocycles. The minimum absolute atomic E-state index is 0.268. The van der Waals surface area contributed by atoms with E-state index in [1.165, 1.54) is 30.0 Å². The lowest BCUT2D eigenvalue weighted by Gasteiger charge is -2.11. The van der Waals surface area contributed by atoms with Crippen LogP contribution >= 0.6 is 11.8 Å². The summed E-state index contributed by atoms with van der Waals surface area (Å²) in [6, 6.07) is 25.0. The minimum atomic E-state index is -0.447. The Hall–Kier alpha value is -4.23. The Kier molecular flexibility index (Phi) is 6.18. The van der Waals surface area contributed by atoms with Crippen molar-refractivity contribution in [3.8, 4) is 0 Å². The zero-order valence-electron chi connectivity index (χ0n) is 17.9. The number of fused-ring (bicyclic) bond motifs is 1. The zero-order valence-corrected chi connectivity index (χ0v) is 18.7. The van der Waals surface area contributed by atoms with Gasteiger partial charge < -0.3 is 5.32 Å². The van der Waals surface area contributed by atoms with E-state index in [-0.39, 0.29) is 11.5 Å². The fourth-order valence-electron chi connectivity index (χ4n) is 3.46. The van der Waals surface area contributed by atoms with E-state index >= 15 is 0 Å². The number of anilines is 1. The van der Waals surface area contributed by atoms with Gasteiger partial charge in [-0.3, -0.25) is 14.9 Å². The molecule has 0 saturated heterocycles. The Bertz CT molecular complexity index is 1500. The van der Waals surface area contributed by atoms with Gasteiger partial charge in [-0.1, -0.05) is 36.0 Å². The molecule has 0 aliphatic rings. The highest BCUT2D eigenvalue weighted by Gasteiger charge is 2.12. The van der Waals surface area contributed by atoms with Gasteiger partial charge in [0.15, 0.2) is 0 Å². The molecule has 2 aromatic heterocycles. The van der Waals surface area contributed by atoms with E-state index in [1.54, 1.807) is 12.3 Å². The summed E-state index contributed by atoms with van der Waals surface area (Å²) in [5, 5.41) is 11.4. The number of benzene rings is 3. The lowest BCUT2D eigenvalue weighted by molar-refractivity contribution is 0.102. The maximum absolute atomic E-state index is 13.5. The van der Waals surface area contributed by atoms with Crippen LogP contribution in [0.1, 0.15) is 21.7 Å². The Labute approximate surface area is 199 Å². The molecule has 0 fully saturated rings. The second-order valence-corrected chi connectivity index (χ2v) is 8.58. The van der Waals surface area contributed by atoms with Crippen molar-refractivity contribution in [3.63, 3.8) is 0 Å². The predicted octanol–water partition coefficient (Wildman–Crippen LogP) is 6.67. The second kappa shape index (κ2) is 9.72. The van der Waals surface area contributed by atoms with E-state index in [2.05, 4.69) is 20.5 Å². The number of aromatic amines is 1. The molecule has 0 radical (unpaired) electrons. The molecule has 1 amide bonds. The number of rotatable bonds is 6. The minimum Gasteiger partial charge on any atom is -0.321 e. The average molecular weight is 467 g/mol. The average Bonchev–Trinajstić information content (AvgIpc) is 3.27. The van der Waals surface area contributed by atoms with Gasteiger partial charge in [0.25, 0.3) is 5.91 Å². The maximum Gasteiger partial charge on any atom is 0.255 e. The van der Waals surface area contributed by atoms with E-state index in [4.69, 9.17) is 0 Å². The first kappa shape index (κ1) is 21.6. The molecule has 0 unspecified atom stereocenters. The number of amides is 1. The van der Waals surface area contributed by atoms with Gasteiger partial charge in [0.05, 0.1) is 22.6 Å². The monoisotopic (exact) mass is 466 g/mol. The molecular formula is C27H19FN4OS. The van der Waals surface area contributed by atoms with Crippen LogP contribution in [0.4, 0.5) is 10.1 Å². The van der Waals surface area contributed by atoms with Crippen LogP contribution in [0.5, 0.6) is 0 Å². The Morgan fingerprint density at radius 1 is 0.941 bits per heavy atom. The molecule has 5 rings (SSSR count). The maximum atomic E-state index is 13.5. The number of hydrogen-bond donors (Lipinski definition) is 2. The number of hydrogen-bond acceptors (Lipinski definition) is 4. The van der Waals surface area contributed by atoms with Crippen molar-refractivity contribution < 1.29 is 9.18 Å². The molecule has 0 bridgehead atoms. The van der Waals surface area contributed by atoms with Gasteiger partial charge in [0, 0.05) is 26.9 Å². The summed E-state index contributed by atoms with van der Waals surface area (Å²) in [7, 11) is 0. The van der Waals surface area contributed by atoms with Crippen LogP contribution in [0.3, 0.4) is 0 Å². The summed E-state index contributed by atoms with van der Waals surface area (Å²) in [6.07, 6.45) is 5.62. The number of aromatic nitrogens is 3. The summed E-state index contributed by atoms with van der Waals surface area (Å²) in [5.74, 6) is -0.807. The van der Waals surface area contributed by atoms with Crippen molar-refractivity contribution in [3.05, 3.63) is 114 Å². The molecule has 0 aliphatic heterocycles. The van der Waals surface area contributed by atoms with Crippen molar-refractivity contribution in [2.45, 2.75) is 9.79 Å². The largest absolute Gasteiger partial charge is 0.321 e. The first-order chi connectivity index (χ1) is 16.7. The normalized spacial score (nSPS) is 11.2. The van der Waals surface area contributed by atoms with E-state index in [1.807, 2.05) is 72.8 Å². The molecule has 0 spiro atoms. The van der Waals surface area contributed by atoms with E-state index in [9.17, 15) is 9.18 Å². The van der Waals surface area contributed by atoms with Crippen LogP contribution in [0, 0.1) is 5.82 Å². The number of H-pyrrole nitrogens is 1.